The van der Waals surface area contributed by atoms with Crippen LogP contribution in [0.25, 0.3) is 0 Å². The molecule has 1 aliphatic rings. The second kappa shape index (κ2) is 8.10. The maximum atomic E-state index is 9.57. The van der Waals surface area contributed by atoms with Crippen LogP contribution in [0.4, 0.5) is 0 Å². The van der Waals surface area contributed by atoms with Crippen molar-refractivity contribution in [1.29, 1.82) is 0 Å². The van der Waals surface area contributed by atoms with Gasteiger partial charge in [0, 0.05) is 25.1 Å². The first kappa shape index (κ1) is 15.9. The Balaban J connectivity index is 2.28. The van der Waals surface area contributed by atoms with E-state index in [0.717, 1.165) is 52.2 Å². The normalized spacial score (nSPS) is 21.5. The maximum absolute atomic E-state index is 9.57. The number of nitrogens with zero attached hydrogens (tertiary/aromatic N) is 1. The molecule has 0 spiro atoms. The van der Waals surface area contributed by atoms with Crippen molar-refractivity contribution >= 4 is 0 Å². The van der Waals surface area contributed by atoms with Gasteiger partial charge in [0.25, 0.3) is 0 Å². The lowest BCUT2D eigenvalue weighted by molar-refractivity contribution is -0.0929. The van der Waals surface area contributed by atoms with Gasteiger partial charge in [-0.05, 0) is 26.3 Å². The van der Waals surface area contributed by atoms with Crippen LogP contribution < -0.4 is 0 Å². The monoisotopic (exact) mass is 259 g/mol. The molecule has 108 valence electrons. The van der Waals surface area contributed by atoms with Gasteiger partial charge in [0.2, 0.25) is 0 Å². The summed E-state index contributed by atoms with van der Waals surface area (Å²) in [6.07, 6.45) is 3.29. The summed E-state index contributed by atoms with van der Waals surface area (Å²) in [7, 11) is 2.12. The Bertz CT molecular complexity index is 205. The Hall–Kier alpha value is -0.160. The van der Waals surface area contributed by atoms with Gasteiger partial charge >= 0.3 is 0 Å². The molecule has 4 nitrogen and oxygen atoms in total. The molecule has 1 saturated heterocycles. The summed E-state index contributed by atoms with van der Waals surface area (Å²) in [5.74, 6) is 0. The van der Waals surface area contributed by atoms with Gasteiger partial charge in [0.15, 0.2) is 0 Å². The van der Waals surface area contributed by atoms with Crippen LogP contribution in [-0.2, 0) is 9.47 Å². The zero-order valence-electron chi connectivity index (χ0n) is 12.2. The summed E-state index contributed by atoms with van der Waals surface area (Å²) in [4.78, 5) is 2.31. The predicted octanol–water partition coefficient (Wildman–Crippen LogP) is 1.52. The number of hydrogen-bond donors (Lipinski definition) is 1. The van der Waals surface area contributed by atoms with Crippen LogP contribution in [0.2, 0.25) is 0 Å². The van der Waals surface area contributed by atoms with E-state index in [9.17, 15) is 5.11 Å². The molecule has 0 amide bonds. The fraction of sp³-hybridized carbons (Fsp3) is 1.00. The lowest BCUT2D eigenvalue weighted by Crippen LogP contribution is -2.39. The molecule has 0 radical (unpaired) electrons. The van der Waals surface area contributed by atoms with Gasteiger partial charge in [-0.15, -0.1) is 0 Å². The highest BCUT2D eigenvalue weighted by atomic mass is 16.6. The van der Waals surface area contributed by atoms with Crippen molar-refractivity contribution in [1.82, 2.24) is 4.90 Å². The first-order chi connectivity index (χ1) is 8.65. The molecule has 0 aromatic heterocycles. The quantitative estimate of drug-likeness (QED) is 0.718. The zero-order valence-corrected chi connectivity index (χ0v) is 12.2. The minimum Gasteiger partial charge on any atom is -0.396 e. The van der Waals surface area contributed by atoms with Crippen LogP contribution in [0.15, 0.2) is 0 Å². The second-order valence-corrected chi connectivity index (χ2v) is 5.46. The molecule has 18 heavy (non-hydrogen) atoms. The maximum Gasteiger partial charge on any atom is 0.0821 e. The largest absolute Gasteiger partial charge is 0.396 e. The van der Waals surface area contributed by atoms with E-state index in [1.54, 1.807) is 0 Å². The van der Waals surface area contributed by atoms with Crippen molar-refractivity contribution in [3.05, 3.63) is 0 Å². The molecule has 0 aromatic carbocycles. The molecule has 1 atom stereocenters. The standard InChI is InChI=1S/C14H29NO3/c1-4-14(5-2,12-16)11-15(3)7-6-13-10-17-8-9-18-13/h13,16H,4-12H2,1-3H3. The van der Waals surface area contributed by atoms with E-state index in [4.69, 9.17) is 9.47 Å². The molecule has 1 unspecified atom stereocenters. The Labute approximate surface area is 111 Å². The topological polar surface area (TPSA) is 41.9 Å². The third-order valence-corrected chi connectivity index (χ3v) is 4.16. The fourth-order valence-corrected chi connectivity index (χ4v) is 2.47. The highest BCUT2D eigenvalue weighted by Crippen LogP contribution is 2.26. The molecular weight excluding hydrogens is 230 g/mol. The smallest absolute Gasteiger partial charge is 0.0821 e. The van der Waals surface area contributed by atoms with Gasteiger partial charge < -0.3 is 19.5 Å². The number of aliphatic hydroxyl groups is 1. The lowest BCUT2D eigenvalue weighted by Gasteiger charge is -2.34. The van der Waals surface area contributed by atoms with E-state index in [1.165, 1.54) is 0 Å². The molecule has 1 heterocycles. The van der Waals surface area contributed by atoms with Crippen LogP contribution in [0.1, 0.15) is 33.1 Å². The molecule has 0 saturated carbocycles. The minimum absolute atomic E-state index is 0.0542. The van der Waals surface area contributed by atoms with Gasteiger partial charge in [-0.2, -0.15) is 0 Å². The average Bonchev–Trinajstić information content (AvgIpc) is 2.44. The predicted molar refractivity (Wildman–Crippen MR) is 72.8 cm³/mol. The lowest BCUT2D eigenvalue weighted by atomic mass is 9.83. The molecule has 0 aromatic rings. The molecule has 0 bridgehead atoms. The average molecular weight is 259 g/mol. The van der Waals surface area contributed by atoms with Crippen molar-refractivity contribution in [2.24, 2.45) is 5.41 Å². The fourth-order valence-electron chi connectivity index (χ4n) is 2.47. The van der Waals surface area contributed by atoms with Crippen LogP contribution in [0.3, 0.4) is 0 Å². The molecule has 4 heteroatoms. The Morgan fingerprint density at radius 2 is 2.00 bits per heavy atom. The molecule has 1 aliphatic heterocycles. The number of hydrogen-bond acceptors (Lipinski definition) is 4. The van der Waals surface area contributed by atoms with Crippen LogP contribution in [0, 0.1) is 5.41 Å². The highest BCUT2D eigenvalue weighted by molar-refractivity contribution is 4.79. The Morgan fingerprint density at radius 3 is 2.50 bits per heavy atom. The second-order valence-electron chi connectivity index (χ2n) is 5.46. The van der Waals surface area contributed by atoms with Gasteiger partial charge in [-0.1, -0.05) is 13.8 Å². The zero-order chi connectivity index (χ0) is 13.4. The summed E-state index contributed by atoms with van der Waals surface area (Å²) < 4.78 is 11.0. The van der Waals surface area contributed by atoms with Crippen LogP contribution in [0.5, 0.6) is 0 Å². The van der Waals surface area contributed by atoms with Gasteiger partial charge in [-0.3, -0.25) is 0 Å². The minimum atomic E-state index is 0.0542. The highest BCUT2D eigenvalue weighted by Gasteiger charge is 2.27. The number of aliphatic hydroxyl groups excluding tert-OH is 1. The van der Waals surface area contributed by atoms with Gasteiger partial charge in [0.1, 0.15) is 0 Å². The van der Waals surface area contributed by atoms with Crippen LogP contribution >= 0.6 is 0 Å². The summed E-state index contributed by atoms with van der Waals surface area (Å²) in [5.41, 5.74) is 0.0542. The van der Waals surface area contributed by atoms with E-state index in [1.807, 2.05) is 0 Å². The van der Waals surface area contributed by atoms with Gasteiger partial charge in [-0.25, -0.2) is 0 Å². The van der Waals surface area contributed by atoms with E-state index in [0.29, 0.717) is 0 Å². The van der Waals surface area contributed by atoms with Crippen molar-refractivity contribution in [3.63, 3.8) is 0 Å². The van der Waals surface area contributed by atoms with E-state index >= 15 is 0 Å². The van der Waals surface area contributed by atoms with Crippen molar-refractivity contribution in [2.75, 3.05) is 46.6 Å². The van der Waals surface area contributed by atoms with Crippen molar-refractivity contribution in [3.8, 4) is 0 Å². The van der Waals surface area contributed by atoms with Crippen molar-refractivity contribution in [2.45, 2.75) is 39.2 Å². The molecule has 0 aliphatic carbocycles. The molecule has 1 rings (SSSR count). The summed E-state index contributed by atoms with van der Waals surface area (Å²) in [6, 6.07) is 0. The SMILES string of the molecule is CCC(CC)(CO)CN(C)CCC1COCCO1. The Morgan fingerprint density at radius 1 is 1.28 bits per heavy atom. The van der Waals surface area contributed by atoms with Gasteiger partial charge in [0.05, 0.1) is 25.9 Å². The summed E-state index contributed by atoms with van der Waals surface area (Å²) in [6.45, 7) is 8.70. The summed E-state index contributed by atoms with van der Waals surface area (Å²) in [5, 5.41) is 9.57. The third kappa shape index (κ3) is 4.84. The number of rotatable bonds is 8. The summed E-state index contributed by atoms with van der Waals surface area (Å²) >= 11 is 0. The number of ether oxygens (including phenoxy) is 2. The molecule has 1 N–H and O–H groups in total. The van der Waals surface area contributed by atoms with Crippen molar-refractivity contribution < 1.29 is 14.6 Å². The molecule has 1 fully saturated rings. The third-order valence-electron chi connectivity index (χ3n) is 4.16. The first-order valence-corrected chi connectivity index (χ1v) is 7.14. The van der Waals surface area contributed by atoms with E-state index in [2.05, 4.69) is 25.8 Å². The van der Waals surface area contributed by atoms with E-state index in [-0.39, 0.29) is 18.1 Å². The Kier molecular flexibility index (Phi) is 7.15. The first-order valence-electron chi connectivity index (χ1n) is 7.14. The van der Waals surface area contributed by atoms with E-state index < -0.39 is 0 Å². The molecular formula is C14H29NO3. The van der Waals surface area contributed by atoms with Crippen LogP contribution in [-0.4, -0.2) is 62.7 Å².